The summed E-state index contributed by atoms with van der Waals surface area (Å²) in [7, 11) is -3.32. The van der Waals surface area contributed by atoms with Crippen LogP contribution in [0.1, 0.15) is 36.4 Å². The summed E-state index contributed by atoms with van der Waals surface area (Å²) < 4.78 is 23.8. The van der Waals surface area contributed by atoms with Gasteiger partial charge in [-0.1, -0.05) is 30.3 Å². The number of nitrogens with zero attached hydrogens (tertiary/aromatic N) is 2. The minimum Gasteiger partial charge on any atom is -0.341 e. The molecule has 1 saturated carbocycles. The van der Waals surface area contributed by atoms with Crippen molar-refractivity contribution in [1.82, 2.24) is 15.1 Å². The van der Waals surface area contributed by atoms with E-state index in [1.54, 1.807) is 0 Å². The van der Waals surface area contributed by atoms with Crippen molar-refractivity contribution in [3.8, 4) is 0 Å². The van der Waals surface area contributed by atoms with Gasteiger partial charge in [0.25, 0.3) is 0 Å². The lowest BCUT2D eigenvalue weighted by molar-refractivity contribution is -0.132. The highest BCUT2D eigenvalue weighted by molar-refractivity contribution is 7.90. The molecule has 0 radical (unpaired) electrons. The number of aromatic amines is 1. The fraction of sp³-hybridized carbons (Fsp3) is 0.444. The van der Waals surface area contributed by atoms with Crippen molar-refractivity contribution in [3.63, 3.8) is 0 Å². The molecule has 2 aromatic rings. The smallest absolute Gasteiger partial charge is 0.233 e. The Morgan fingerprint density at radius 3 is 2.64 bits per heavy atom. The molecule has 1 aromatic carbocycles. The number of H-pyrrole nitrogens is 1. The molecule has 7 heteroatoms. The lowest BCUT2D eigenvalue weighted by atomic mass is 9.94. The van der Waals surface area contributed by atoms with E-state index in [-0.39, 0.29) is 22.1 Å². The van der Waals surface area contributed by atoms with Gasteiger partial charge in [-0.15, -0.1) is 0 Å². The zero-order valence-corrected chi connectivity index (χ0v) is 14.9. The van der Waals surface area contributed by atoms with E-state index in [0.29, 0.717) is 18.8 Å². The lowest BCUT2D eigenvalue weighted by Crippen LogP contribution is -2.37. The summed E-state index contributed by atoms with van der Waals surface area (Å²) in [6.07, 6.45) is 5.07. The van der Waals surface area contributed by atoms with Gasteiger partial charge in [-0.3, -0.25) is 9.89 Å². The Labute approximate surface area is 147 Å². The van der Waals surface area contributed by atoms with Gasteiger partial charge in [-0.25, -0.2) is 8.42 Å². The molecule has 4 rings (SSSR count). The molecule has 1 aromatic heterocycles. The minimum atomic E-state index is -3.32. The maximum atomic E-state index is 13.1. The number of rotatable bonds is 4. The van der Waals surface area contributed by atoms with E-state index in [9.17, 15) is 13.2 Å². The van der Waals surface area contributed by atoms with Crippen molar-refractivity contribution in [2.45, 2.75) is 35.5 Å². The Bertz CT molecular complexity index is 901. The highest BCUT2D eigenvalue weighted by Gasteiger charge is 2.53. The molecular weight excluding hydrogens is 338 g/mol. The van der Waals surface area contributed by atoms with Gasteiger partial charge in [0.1, 0.15) is 4.90 Å². The number of carbonyl (C=O) groups excluding carboxylic acids is 1. The summed E-state index contributed by atoms with van der Waals surface area (Å²) in [6.45, 7) is 1.19. The molecule has 1 aliphatic carbocycles. The van der Waals surface area contributed by atoms with E-state index in [1.807, 2.05) is 35.2 Å². The molecule has 1 aliphatic heterocycles. The fourth-order valence-corrected chi connectivity index (χ4v) is 4.72. The van der Waals surface area contributed by atoms with Gasteiger partial charge in [-0.2, -0.15) is 5.10 Å². The van der Waals surface area contributed by atoms with Crippen LogP contribution < -0.4 is 0 Å². The molecular formula is C18H21N3O3S. The highest BCUT2D eigenvalue weighted by atomic mass is 32.2. The molecule has 2 heterocycles. The topological polar surface area (TPSA) is 83.1 Å². The summed E-state index contributed by atoms with van der Waals surface area (Å²) in [6, 6.07) is 9.95. The number of amides is 1. The van der Waals surface area contributed by atoms with Crippen molar-refractivity contribution in [2.24, 2.45) is 0 Å². The van der Waals surface area contributed by atoms with Crippen molar-refractivity contribution in [1.29, 1.82) is 0 Å². The molecule has 2 aliphatic rings. The van der Waals surface area contributed by atoms with Crippen LogP contribution in [0.3, 0.4) is 0 Å². The van der Waals surface area contributed by atoms with Crippen molar-refractivity contribution in [2.75, 3.05) is 19.3 Å². The van der Waals surface area contributed by atoms with E-state index < -0.39 is 9.84 Å². The first kappa shape index (κ1) is 16.3. The van der Waals surface area contributed by atoms with E-state index in [2.05, 4.69) is 10.2 Å². The van der Waals surface area contributed by atoms with Gasteiger partial charge < -0.3 is 4.90 Å². The lowest BCUT2D eigenvalue weighted by Gasteiger charge is -2.23. The van der Waals surface area contributed by atoms with Crippen molar-refractivity contribution >= 4 is 15.7 Å². The van der Waals surface area contributed by atoms with Crippen molar-refractivity contribution in [3.05, 3.63) is 47.8 Å². The molecule has 1 N–H and O–H groups in total. The normalized spacial score (nSPS) is 22.1. The monoisotopic (exact) mass is 359 g/mol. The maximum absolute atomic E-state index is 13.1. The van der Waals surface area contributed by atoms with Crippen LogP contribution >= 0.6 is 0 Å². The number of hydrogen-bond donors (Lipinski definition) is 1. The summed E-state index contributed by atoms with van der Waals surface area (Å²) in [5.41, 5.74) is 1.34. The Balaban J connectivity index is 1.54. The molecule has 0 unspecified atom stereocenters. The van der Waals surface area contributed by atoms with Gasteiger partial charge >= 0.3 is 0 Å². The summed E-state index contributed by atoms with van der Waals surface area (Å²) in [5, 5.41) is 6.74. The second-order valence-electron chi connectivity index (χ2n) is 7.10. The summed E-state index contributed by atoms with van der Waals surface area (Å²) in [5.74, 6) is 0.157. The highest BCUT2D eigenvalue weighted by Crippen LogP contribution is 2.50. The second-order valence-corrected chi connectivity index (χ2v) is 9.09. The van der Waals surface area contributed by atoms with Gasteiger partial charge in [0, 0.05) is 25.3 Å². The zero-order chi connectivity index (χ0) is 17.7. The number of sulfone groups is 1. The van der Waals surface area contributed by atoms with E-state index in [4.69, 9.17) is 0 Å². The van der Waals surface area contributed by atoms with Crippen LogP contribution in [-0.2, 0) is 20.0 Å². The summed E-state index contributed by atoms with van der Waals surface area (Å²) in [4.78, 5) is 15.2. The van der Waals surface area contributed by atoms with Gasteiger partial charge in [0.15, 0.2) is 9.84 Å². The number of nitrogens with one attached hydrogen (secondary N) is 1. The number of aromatic nitrogens is 2. The van der Waals surface area contributed by atoms with Gasteiger partial charge in [-0.05, 0) is 24.8 Å². The predicted octanol–water partition coefficient (Wildman–Crippen LogP) is 1.86. The van der Waals surface area contributed by atoms with E-state index >= 15 is 0 Å². The van der Waals surface area contributed by atoms with Crippen LogP contribution in [-0.4, -0.2) is 48.8 Å². The van der Waals surface area contributed by atoms with E-state index in [0.717, 1.165) is 24.8 Å². The van der Waals surface area contributed by atoms with Crippen molar-refractivity contribution < 1.29 is 13.2 Å². The maximum Gasteiger partial charge on any atom is 0.233 e. The molecule has 1 atom stereocenters. The first-order valence-electron chi connectivity index (χ1n) is 8.50. The Morgan fingerprint density at radius 2 is 2.00 bits per heavy atom. The van der Waals surface area contributed by atoms with Gasteiger partial charge in [0.05, 0.1) is 17.3 Å². The van der Waals surface area contributed by atoms with Gasteiger partial charge in [0.2, 0.25) is 5.91 Å². The predicted molar refractivity (Wildman–Crippen MR) is 93.0 cm³/mol. The number of benzene rings is 1. The Kier molecular flexibility index (Phi) is 3.72. The Morgan fingerprint density at radius 1 is 1.28 bits per heavy atom. The van der Waals surface area contributed by atoms with Crippen LogP contribution in [0.4, 0.5) is 0 Å². The molecule has 1 amide bonds. The number of hydrogen-bond acceptors (Lipinski definition) is 4. The van der Waals surface area contributed by atoms with Crippen LogP contribution in [0, 0.1) is 0 Å². The molecule has 0 spiro atoms. The van der Waals surface area contributed by atoms with Crippen LogP contribution in [0.15, 0.2) is 41.4 Å². The molecule has 2 fully saturated rings. The van der Waals surface area contributed by atoms with Crippen LogP contribution in [0.2, 0.25) is 0 Å². The third-order valence-corrected chi connectivity index (χ3v) is 6.53. The quantitative estimate of drug-likeness (QED) is 0.903. The molecule has 1 saturated heterocycles. The first-order chi connectivity index (χ1) is 11.9. The Hall–Kier alpha value is -2.15. The van der Waals surface area contributed by atoms with Crippen LogP contribution in [0.25, 0.3) is 0 Å². The molecule has 25 heavy (non-hydrogen) atoms. The summed E-state index contributed by atoms with van der Waals surface area (Å²) >= 11 is 0. The molecule has 6 nitrogen and oxygen atoms in total. The fourth-order valence-electron chi connectivity index (χ4n) is 3.86. The third kappa shape index (κ3) is 2.76. The number of carbonyl (C=O) groups is 1. The first-order valence-corrected chi connectivity index (χ1v) is 10.4. The number of likely N-dealkylation sites (tertiary alicyclic amines) is 1. The average molecular weight is 359 g/mol. The van der Waals surface area contributed by atoms with E-state index in [1.165, 1.54) is 12.5 Å². The molecule has 132 valence electrons. The third-order valence-electron chi connectivity index (χ3n) is 5.40. The second kappa shape index (κ2) is 5.69. The standard InChI is InChI=1S/C18H21N3O3S/c1-25(23,24)15-11-19-20-16(15)13-7-10-21(12-13)17(22)18(8-9-18)14-5-3-2-4-6-14/h2-6,11,13H,7-10,12H2,1H3,(H,19,20)/t13-/m0/s1. The van der Waals surface area contributed by atoms with Crippen LogP contribution in [0.5, 0.6) is 0 Å². The largest absolute Gasteiger partial charge is 0.341 e. The average Bonchev–Trinajstić information content (AvgIpc) is 3.02. The minimum absolute atomic E-state index is 0.0113. The zero-order valence-electron chi connectivity index (χ0n) is 14.1. The molecule has 0 bridgehead atoms. The SMILES string of the molecule is CS(=O)(=O)c1cn[nH]c1[C@H]1CCN(C(=O)C2(c3ccccc3)CC2)C1.